The van der Waals surface area contributed by atoms with Crippen molar-refractivity contribution in [1.82, 2.24) is 19.4 Å². The zero-order valence-electron chi connectivity index (χ0n) is 21.3. The van der Waals surface area contributed by atoms with Crippen molar-refractivity contribution in [2.75, 3.05) is 37.6 Å². The smallest absolute Gasteiger partial charge is 0.243 e. The Morgan fingerprint density at radius 3 is 1.97 bits per heavy atom. The average molecular weight is 508 g/mol. The number of carbonyl (C=O) groups excluding carboxylic acids is 1. The van der Waals surface area contributed by atoms with E-state index in [2.05, 4.69) is 15.1 Å². The molecule has 0 unspecified atom stereocenters. The molecule has 36 heavy (non-hydrogen) atoms. The second-order valence-electron chi connectivity index (χ2n) is 9.47. The number of amides is 1. The van der Waals surface area contributed by atoms with Crippen LogP contribution in [0.4, 0.5) is 5.82 Å². The number of hydrogen-bond donors (Lipinski definition) is 0. The predicted octanol–water partition coefficient (Wildman–Crippen LogP) is 3.51. The van der Waals surface area contributed by atoms with Gasteiger partial charge in [-0.3, -0.25) is 4.79 Å². The van der Waals surface area contributed by atoms with Crippen molar-refractivity contribution in [1.29, 1.82) is 0 Å². The molecule has 1 amide bonds. The number of rotatable bonds is 7. The molecule has 4 rings (SSSR count). The molecular weight excluding hydrogens is 474 g/mol. The Labute approximate surface area is 213 Å². The zero-order valence-corrected chi connectivity index (χ0v) is 22.1. The van der Waals surface area contributed by atoms with E-state index in [0.717, 1.165) is 22.6 Å². The van der Waals surface area contributed by atoms with Gasteiger partial charge < -0.3 is 9.80 Å². The monoisotopic (exact) mass is 507 g/mol. The van der Waals surface area contributed by atoms with Gasteiger partial charge >= 0.3 is 0 Å². The predicted molar refractivity (Wildman–Crippen MR) is 141 cm³/mol. The summed E-state index contributed by atoms with van der Waals surface area (Å²) in [5.41, 5.74) is 4.01. The van der Waals surface area contributed by atoms with Crippen LogP contribution < -0.4 is 4.90 Å². The lowest BCUT2D eigenvalue weighted by atomic mass is 10.1. The zero-order chi connectivity index (χ0) is 25.9. The number of sulfonamides is 1. The summed E-state index contributed by atoms with van der Waals surface area (Å²) in [5, 5.41) is 8.78. The van der Waals surface area contributed by atoms with E-state index in [9.17, 15) is 13.2 Å². The first kappa shape index (κ1) is 25.8. The second kappa shape index (κ2) is 10.8. The summed E-state index contributed by atoms with van der Waals surface area (Å²) < 4.78 is 27.7. The molecule has 0 aliphatic carbocycles. The van der Waals surface area contributed by atoms with Crippen LogP contribution in [-0.2, 0) is 14.8 Å². The van der Waals surface area contributed by atoms with E-state index in [-0.39, 0.29) is 23.4 Å². The maximum Gasteiger partial charge on any atom is 0.243 e. The van der Waals surface area contributed by atoms with Gasteiger partial charge in [-0.05, 0) is 52.0 Å². The Hall–Kier alpha value is -3.30. The molecule has 0 radical (unpaired) electrons. The molecule has 9 heteroatoms. The van der Waals surface area contributed by atoms with Crippen LogP contribution in [0, 0.1) is 13.8 Å². The highest BCUT2D eigenvalue weighted by Crippen LogP contribution is 2.21. The Kier molecular flexibility index (Phi) is 7.70. The molecule has 0 spiro atoms. The second-order valence-corrected chi connectivity index (χ2v) is 11.4. The number of benzene rings is 2. The number of piperazine rings is 1. The van der Waals surface area contributed by atoms with E-state index in [1.165, 1.54) is 9.87 Å². The quantitative estimate of drug-likeness (QED) is 0.487. The maximum atomic E-state index is 13.2. The SMILES string of the molecule is Cc1ccc(-c2ccc(N3CCN(C(=O)CN(C(C)C)S(=O)(=O)c4ccc(C)cc4)CC3)nn2)cc1. The number of carbonyl (C=O) groups is 1. The molecule has 0 N–H and O–H groups in total. The fourth-order valence-electron chi connectivity index (χ4n) is 4.18. The molecular formula is C27H33N5O3S. The Morgan fingerprint density at radius 1 is 0.861 bits per heavy atom. The van der Waals surface area contributed by atoms with Crippen molar-refractivity contribution in [3.05, 3.63) is 71.8 Å². The molecule has 0 saturated carbocycles. The summed E-state index contributed by atoms with van der Waals surface area (Å²) in [6.45, 7) is 9.56. The molecule has 8 nitrogen and oxygen atoms in total. The van der Waals surface area contributed by atoms with Gasteiger partial charge in [0.25, 0.3) is 0 Å². The van der Waals surface area contributed by atoms with E-state index in [1.54, 1.807) is 43.0 Å². The first-order valence-electron chi connectivity index (χ1n) is 12.2. The van der Waals surface area contributed by atoms with Crippen molar-refractivity contribution in [2.45, 2.75) is 38.6 Å². The van der Waals surface area contributed by atoms with Crippen LogP contribution in [-0.4, -0.2) is 72.5 Å². The Balaban J connectivity index is 1.37. The Morgan fingerprint density at radius 2 is 1.44 bits per heavy atom. The normalized spacial score (nSPS) is 14.5. The molecule has 3 aromatic rings. The summed E-state index contributed by atoms with van der Waals surface area (Å²) >= 11 is 0. The van der Waals surface area contributed by atoms with Gasteiger partial charge in [-0.15, -0.1) is 10.2 Å². The molecule has 190 valence electrons. The summed E-state index contributed by atoms with van der Waals surface area (Å²) in [5.74, 6) is 0.573. The largest absolute Gasteiger partial charge is 0.352 e. The van der Waals surface area contributed by atoms with Crippen LogP contribution in [0.2, 0.25) is 0 Å². The molecule has 1 aliphatic rings. The van der Waals surface area contributed by atoms with Crippen LogP contribution in [0.3, 0.4) is 0 Å². The maximum absolute atomic E-state index is 13.2. The third-order valence-electron chi connectivity index (χ3n) is 6.45. The van der Waals surface area contributed by atoms with Gasteiger partial charge in [0, 0.05) is 37.8 Å². The number of hydrogen-bond acceptors (Lipinski definition) is 6. The summed E-state index contributed by atoms with van der Waals surface area (Å²) in [6.07, 6.45) is 0. The van der Waals surface area contributed by atoms with Gasteiger partial charge in [0.1, 0.15) is 0 Å². The highest BCUT2D eigenvalue weighted by molar-refractivity contribution is 7.89. The minimum Gasteiger partial charge on any atom is -0.352 e. The fraction of sp³-hybridized carbons (Fsp3) is 0.370. The van der Waals surface area contributed by atoms with E-state index in [0.29, 0.717) is 26.2 Å². The van der Waals surface area contributed by atoms with E-state index >= 15 is 0 Å². The summed E-state index contributed by atoms with van der Waals surface area (Å²) in [4.78, 5) is 17.1. The molecule has 1 aliphatic heterocycles. The highest BCUT2D eigenvalue weighted by Gasteiger charge is 2.31. The number of aryl methyl sites for hydroxylation is 2. The standard InChI is InChI=1S/C27H33N5O3S/c1-20(2)32(36(34,35)24-11-7-22(4)8-12-24)19-27(33)31-17-15-30(16-18-31)26-14-13-25(28-29-26)23-9-5-21(3)6-10-23/h5-14,20H,15-19H2,1-4H3. The van der Waals surface area contributed by atoms with Crippen molar-refractivity contribution < 1.29 is 13.2 Å². The van der Waals surface area contributed by atoms with Crippen LogP contribution in [0.15, 0.2) is 65.6 Å². The molecule has 1 saturated heterocycles. The van der Waals surface area contributed by atoms with E-state index in [4.69, 9.17) is 0 Å². The van der Waals surface area contributed by atoms with Gasteiger partial charge in [-0.2, -0.15) is 4.31 Å². The minimum absolute atomic E-state index is 0.182. The molecule has 0 bridgehead atoms. The van der Waals surface area contributed by atoms with Gasteiger partial charge in [-0.25, -0.2) is 8.42 Å². The van der Waals surface area contributed by atoms with Crippen LogP contribution in [0.25, 0.3) is 11.3 Å². The molecule has 2 aromatic carbocycles. The summed E-state index contributed by atoms with van der Waals surface area (Å²) in [7, 11) is -3.78. The topological polar surface area (TPSA) is 86.7 Å². The first-order chi connectivity index (χ1) is 17.1. The number of aromatic nitrogens is 2. The number of nitrogens with zero attached hydrogens (tertiary/aromatic N) is 5. The average Bonchev–Trinajstić information content (AvgIpc) is 2.88. The molecule has 0 atom stereocenters. The third-order valence-corrected chi connectivity index (χ3v) is 8.48. The summed E-state index contributed by atoms with van der Waals surface area (Å²) in [6, 6.07) is 18.4. The molecule has 1 fully saturated rings. The lowest BCUT2D eigenvalue weighted by Gasteiger charge is -2.36. The van der Waals surface area contributed by atoms with Gasteiger partial charge in [0.05, 0.1) is 17.1 Å². The first-order valence-corrected chi connectivity index (χ1v) is 13.6. The van der Waals surface area contributed by atoms with Crippen LogP contribution in [0.5, 0.6) is 0 Å². The van der Waals surface area contributed by atoms with E-state index < -0.39 is 10.0 Å². The highest BCUT2D eigenvalue weighted by atomic mass is 32.2. The lowest BCUT2D eigenvalue weighted by Crippen LogP contribution is -2.52. The molecule has 2 heterocycles. The van der Waals surface area contributed by atoms with Crippen molar-refractivity contribution >= 4 is 21.7 Å². The minimum atomic E-state index is -3.78. The van der Waals surface area contributed by atoms with Crippen molar-refractivity contribution in [2.24, 2.45) is 0 Å². The van der Waals surface area contributed by atoms with E-state index in [1.807, 2.05) is 50.2 Å². The van der Waals surface area contributed by atoms with Crippen LogP contribution in [0.1, 0.15) is 25.0 Å². The van der Waals surface area contributed by atoms with Crippen molar-refractivity contribution in [3.8, 4) is 11.3 Å². The van der Waals surface area contributed by atoms with Crippen LogP contribution >= 0.6 is 0 Å². The van der Waals surface area contributed by atoms with Gasteiger partial charge in [0.15, 0.2) is 5.82 Å². The fourth-order valence-corrected chi connectivity index (χ4v) is 5.77. The van der Waals surface area contributed by atoms with Gasteiger partial charge in [0.2, 0.25) is 15.9 Å². The Bertz CT molecular complexity index is 1280. The number of anilines is 1. The van der Waals surface area contributed by atoms with Crippen molar-refractivity contribution in [3.63, 3.8) is 0 Å². The third kappa shape index (κ3) is 5.74. The lowest BCUT2D eigenvalue weighted by molar-refractivity contribution is -0.132. The van der Waals surface area contributed by atoms with Gasteiger partial charge in [-0.1, -0.05) is 47.5 Å². The molecule has 1 aromatic heterocycles.